The van der Waals surface area contributed by atoms with Crippen LogP contribution in [0.25, 0.3) is 0 Å². The Morgan fingerprint density at radius 2 is 1.69 bits per heavy atom. The number of aryl methyl sites for hydroxylation is 1. The van der Waals surface area contributed by atoms with Crippen LogP contribution in [0.1, 0.15) is 35.2 Å². The zero-order chi connectivity index (χ0) is 22.8. The van der Waals surface area contributed by atoms with Gasteiger partial charge in [0.15, 0.2) is 0 Å². The zero-order valence-corrected chi connectivity index (χ0v) is 20.2. The Morgan fingerprint density at radius 3 is 2.44 bits per heavy atom. The van der Waals surface area contributed by atoms with Gasteiger partial charge < -0.3 is 9.80 Å². The van der Waals surface area contributed by atoms with E-state index in [2.05, 4.69) is 67.4 Å². The highest BCUT2D eigenvalue weighted by atomic mass is 35.5. The molecule has 3 aromatic carbocycles. The lowest BCUT2D eigenvalue weighted by molar-refractivity contribution is -0.131. The molecule has 1 aliphatic carbocycles. The second-order valence-corrected chi connectivity index (χ2v) is 9.25. The fourth-order valence-corrected chi connectivity index (χ4v) is 5.13. The number of carbonyl (C=O) groups excluding carboxylic acids is 1. The van der Waals surface area contributed by atoms with E-state index in [1.165, 1.54) is 22.4 Å². The van der Waals surface area contributed by atoms with E-state index in [4.69, 9.17) is 23.2 Å². The Morgan fingerprint density at radius 1 is 0.969 bits per heavy atom. The molecule has 1 amide bonds. The Labute approximate surface area is 200 Å². The van der Waals surface area contributed by atoms with Crippen molar-refractivity contribution < 1.29 is 4.79 Å². The van der Waals surface area contributed by atoms with Crippen molar-refractivity contribution in [3.8, 4) is 0 Å². The van der Waals surface area contributed by atoms with Gasteiger partial charge in [-0.3, -0.25) is 4.79 Å². The summed E-state index contributed by atoms with van der Waals surface area (Å²) >= 11 is 12.2. The SMILES string of the molecule is CCc1ccccc1N(C)C1Cc2ccccc2C1N(C)C(=O)Cc1ccc(Cl)c(Cl)c1. The molecular formula is C27H28Cl2N2O. The van der Waals surface area contributed by atoms with Gasteiger partial charge in [0.2, 0.25) is 5.91 Å². The van der Waals surface area contributed by atoms with Crippen molar-refractivity contribution in [2.75, 3.05) is 19.0 Å². The average molecular weight is 467 g/mol. The van der Waals surface area contributed by atoms with Gasteiger partial charge in [-0.05, 0) is 53.3 Å². The molecule has 0 aliphatic heterocycles. The lowest BCUT2D eigenvalue weighted by Crippen LogP contribution is -2.44. The van der Waals surface area contributed by atoms with Crippen molar-refractivity contribution in [2.24, 2.45) is 0 Å². The molecule has 5 heteroatoms. The number of rotatable bonds is 6. The maximum atomic E-state index is 13.4. The van der Waals surface area contributed by atoms with Crippen LogP contribution in [0.4, 0.5) is 5.69 Å². The van der Waals surface area contributed by atoms with Gasteiger partial charge in [-0.1, -0.05) is 78.7 Å². The summed E-state index contributed by atoms with van der Waals surface area (Å²) in [5.41, 5.74) is 5.93. The van der Waals surface area contributed by atoms with Crippen molar-refractivity contribution in [3.63, 3.8) is 0 Å². The summed E-state index contributed by atoms with van der Waals surface area (Å²) in [5.74, 6) is 0.0623. The topological polar surface area (TPSA) is 23.6 Å². The van der Waals surface area contributed by atoms with Crippen molar-refractivity contribution in [1.29, 1.82) is 0 Å². The van der Waals surface area contributed by atoms with E-state index >= 15 is 0 Å². The number of amides is 1. The Balaban J connectivity index is 1.64. The molecule has 2 atom stereocenters. The van der Waals surface area contributed by atoms with Crippen molar-refractivity contribution in [1.82, 2.24) is 4.90 Å². The molecule has 3 aromatic rings. The molecule has 0 saturated heterocycles. The second kappa shape index (κ2) is 9.56. The zero-order valence-electron chi connectivity index (χ0n) is 18.7. The van der Waals surface area contributed by atoms with Gasteiger partial charge in [-0.2, -0.15) is 0 Å². The fraction of sp³-hybridized carbons (Fsp3) is 0.296. The third-order valence-corrected chi connectivity index (χ3v) is 7.31. The van der Waals surface area contributed by atoms with Gasteiger partial charge in [0.25, 0.3) is 0 Å². The van der Waals surface area contributed by atoms with Crippen LogP contribution in [0.5, 0.6) is 0 Å². The average Bonchev–Trinajstić information content (AvgIpc) is 3.20. The summed E-state index contributed by atoms with van der Waals surface area (Å²) in [4.78, 5) is 17.6. The molecule has 3 nitrogen and oxygen atoms in total. The van der Waals surface area contributed by atoms with Crippen LogP contribution in [-0.2, 0) is 24.1 Å². The van der Waals surface area contributed by atoms with E-state index in [1.54, 1.807) is 12.1 Å². The second-order valence-electron chi connectivity index (χ2n) is 8.44. The summed E-state index contributed by atoms with van der Waals surface area (Å²) in [7, 11) is 4.06. The molecule has 0 saturated carbocycles. The molecule has 166 valence electrons. The van der Waals surface area contributed by atoms with E-state index in [-0.39, 0.29) is 24.4 Å². The molecule has 1 aliphatic rings. The highest BCUT2D eigenvalue weighted by Crippen LogP contribution is 2.40. The minimum Gasteiger partial charge on any atom is -0.369 e. The third-order valence-electron chi connectivity index (χ3n) is 6.57. The van der Waals surface area contributed by atoms with E-state index in [9.17, 15) is 4.79 Å². The first-order valence-corrected chi connectivity index (χ1v) is 11.7. The van der Waals surface area contributed by atoms with Crippen LogP contribution >= 0.6 is 23.2 Å². The third kappa shape index (κ3) is 4.37. The summed E-state index contributed by atoms with van der Waals surface area (Å²) in [6.45, 7) is 2.18. The van der Waals surface area contributed by atoms with Crippen LogP contribution in [0, 0.1) is 0 Å². The van der Waals surface area contributed by atoms with Crippen molar-refractivity contribution in [2.45, 2.75) is 38.3 Å². The molecule has 0 aromatic heterocycles. The minimum absolute atomic E-state index is 0.0311. The Kier molecular flexibility index (Phi) is 6.78. The van der Waals surface area contributed by atoms with E-state index in [0.717, 1.165) is 18.4 Å². The van der Waals surface area contributed by atoms with Crippen LogP contribution in [0.3, 0.4) is 0 Å². The molecule has 0 radical (unpaired) electrons. The maximum Gasteiger partial charge on any atom is 0.227 e. The maximum absolute atomic E-state index is 13.4. The van der Waals surface area contributed by atoms with Gasteiger partial charge >= 0.3 is 0 Å². The predicted octanol–water partition coefficient (Wildman–Crippen LogP) is 6.36. The number of nitrogens with zero attached hydrogens (tertiary/aromatic N) is 2. The monoisotopic (exact) mass is 466 g/mol. The molecule has 0 fully saturated rings. The number of benzene rings is 3. The minimum atomic E-state index is -0.0311. The molecule has 4 rings (SSSR count). The van der Waals surface area contributed by atoms with E-state index in [1.807, 2.05) is 18.0 Å². The Hall–Kier alpha value is -2.49. The van der Waals surface area contributed by atoms with Gasteiger partial charge in [-0.25, -0.2) is 0 Å². The Bertz CT molecular complexity index is 1130. The van der Waals surface area contributed by atoms with Crippen LogP contribution < -0.4 is 4.90 Å². The molecule has 32 heavy (non-hydrogen) atoms. The molecular weight excluding hydrogens is 439 g/mol. The summed E-state index contributed by atoms with van der Waals surface area (Å²) in [6, 6.07) is 22.5. The summed E-state index contributed by atoms with van der Waals surface area (Å²) in [6.07, 6.45) is 2.16. The van der Waals surface area contributed by atoms with Crippen molar-refractivity contribution >= 4 is 34.8 Å². The van der Waals surface area contributed by atoms with Crippen molar-refractivity contribution in [3.05, 3.63) is 99.0 Å². The first-order valence-electron chi connectivity index (χ1n) is 11.0. The smallest absolute Gasteiger partial charge is 0.227 e. The number of likely N-dealkylation sites (N-methyl/N-ethyl adjacent to an activating group) is 2. The highest BCUT2D eigenvalue weighted by Gasteiger charge is 2.39. The van der Waals surface area contributed by atoms with Crippen LogP contribution in [0.2, 0.25) is 10.0 Å². The lowest BCUT2D eigenvalue weighted by Gasteiger charge is -2.37. The number of halogens is 2. The number of hydrogen-bond donors (Lipinski definition) is 0. The molecule has 0 N–H and O–H groups in total. The summed E-state index contributed by atoms with van der Waals surface area (Å²) in [5, 5.41) is 0.969. The largest absolute Gasteiger partial charge is 0.369 e. The normalized spacial score (nSPS) is 17.2. The summed E-state index contributed by atoms with van der Waals surface area (Å²) < 4.78 is 0. The predicted molar refractivity (Wildman–Crippen MR) is 134 cm³/mol. The molecule has 0 bridgehead atoms. The number of carbonyl (C=O) groups is 1. The number of anilines is 1. The first-order chi connectivity index (χ1) is 15.4. The van der Waals surface area contributed by atoms with Crippen LogP contribution in [0.15, 0.2) is 66.7 Å². The fourth-order valence-electron chi connectivity index (χ4n) is 4.80. The standard InChI is InChI=1S/C27H28Cl2N2O/c1-4-19-9-6-8-12-24(19)30(2)25-17-20-10-5-7-11-21(20)27(25)31(3)26(32)16-18-13-14-22(28)23(29)15-18/h5-15,25,27H,4,16-17H2,1-3H3. The van der Waals surface area contributed by atoms with E-state index < -0.39 is 0 Å². The highest BCUT2D eigenvalue weighted by molar-refractivity contribution is 6.42. The van der Waals surface area contributed by atoms with Crippen LogP contribution in [-0.4, -0.2) is 30.9 Å². The van der Waals surface area contributed by atoms with Gasteiger partial charge in [0.1, 0.15) is 0 Å². The molecule has 2 unspecified atom stereocenters. The number of fused-ring (bicyclic) bond motifs is 1. The lowest BCUT2D eigenvalue weighted by atomic mass is 10.0. The first kappa shape index (κ1) is 22.7. The quantitative estimate of drug-likeness (QED) is 0.421. The molecule has 0 spiro atoms. The number of hydrogen-bond acceptors (Lipinski definition) is 2. The van der Waals surface area contributed by atoms with Gasteiger partial charge in [-0.15, -0.1) is 0 Å². The number of para-hydroxylation sites is 1. The molecule has 0 heterocycles. The van der Waals surface area contributed by atoms with E-state index in [0.29, 0.717) is 10.0 Å². The van der Waals surface area contributed by atoms with Gasteiger partial charge in [0.05, 0.1) is 28.5 Å². The van der Waals surface area contributed by atoms with Gasteiger partial charge in [0, 0.05) is 19.8 Å².